The van der Waals surface area contributed by atoms with Gasteiger partial charge in [-0.25, -0.2) is 0 Å². The Hall–Kier alpha value is -1.06. The fourth-order valence-electron chi connectivity index (χ4n) is 3.20. The van der Waals surface area contributed by atoms with Gasteiger partial charge in [-0.05, 0) is 42.9 Å². The van der Waals surface area contributed by atoms with E-state index in [1.807, 2.05) is 24.3 Å². The summed E-state index contributed by atoms with van der Waals surface area (Å²) in [6, 6.07) is 7.76. The number of nitrogens with two attached hydrogens (primary N) is 1. The lowest BCUT2D eigenvalue weighted by molar-refractivity contribution is -0.123. The van der Waals surface area contributed by atoms with Crippen LogP contribution in [0.3, 0.4) is 0 Å². The van der Waals surface area contributed by atoms with Crippen LogP contribution in [0, 0.1) is 5.41 Å². The van der Waals surface area contributed by atoms with Gasteiger partial charge in [0, 0.05) is 18.0 Å². The second kappa shape index (κ2) is 7.81. The van der Waals surface area contributed by atoms with Crippen molar-refractivity contribution in [3.05, 3.63) is 34.9 Å². The van der Waals surface area contributed by atoms with Crippen LogP contribution in [0.15, 0.2) is 24.3 Å². The zero-order chi connectivity index (χ0) is 15.1. The molecule has 1 saturated carbocycles. The smallest absolute Gasteiger partial charge is 0.220 e. The molecule has 3 nitrogen and oxygen atoms in total. The van der Waals surface area contributed by atoms with E-state index in [1.54, 1.807) is 0 Å². The quantitative estimate of drug-likeness (QED) is 0.847. The van der Waals surface area contributed by atoms with Crippen molar-refractivity contribution < 1.29 is 4.79 Å². The molecule has 0 aliphatic heterocycles. The normalized spacial score (nSPS) is 17.4. The molecular weight excluding hydrogens is 284 g/mol. The molecule has 2 rings (SSSR count). The van der Waals surface area contributed by atoms with Gasteiger partial charge < -0.3 is 11.1 Å². The summed E-state index contributed by atoms with van der Waals surface area (Å²) in [5.74, 6) is 0.120. The largest absolute Gasteiger partial charge is 0.356 e. The van der Waals surface area contributed by atoms with Gasteiger partial charge in [-0.3, -0.25) is 4.79 Å². The number of rotatable bonds is 6. The van der Waals surface area contributed by atoms with E-state index in [0.717, 1.165) is 29.8 Å². The molecule has 116 valence electrons. The van der Waals surface area contributed by atoms with Crippen molar-refractivity contribution in [1.82, 2.24) is 5.32 Å². The minimum absolute atomic E-state index is 0.0344. The first-order chi connectivity index (χ1) is 10.2. The van der Waals surface area contributed by atoms with E-state index in [1.165, 1.54) is 19.3 Å². The van der Waals surface area contributed by atoms with E-state index in [9.17, 15) is 4.79 Å². The summed E-state index contributed by atoms with van der Waals surface area (Å²) in [5, 5.41) is 3.77. The number of benzene rings is 1. The van der Waals surface area contributed by atoms with Crippen LogP contribution in [0.4, 0.5) is 0 Å². The molecule has 0 saturated heterocycles. The summed E-state index contributed by atoms with van der Waals surface area (Å²) in [5.41, 5.74) is 7.04. The lowest BCUT2D eigenvalue weighted by Gasteiger charge is -2.35. The SMILES string of the molecule is NCC1(CC(=O)NCCc2ccccc2Cl)CCCCC1. The lowest BCUT2D eigenvalue weighted by atomic mass is 9.71. The Labute approximate surface area is 132 Å². The van der Waals surface area contributed by atoms with Gasteiger partial charge in [0.2, 0.25) is 5.91 Å². The molecule has 0 heterocycles. The van der Waals surface area contributed by atoms with Crippen LogP contribution in [-0.2, 0) is 11.2 Å². The minimum Gasteiger partial charge on any atom is -0.356 e. The molecule has 0 radical (unpaired) electrons. The predicted octanol–water partition coefficient (Wildman–Crippen LogP) is 3.30. The highest BCUT2D eigenvalue weighted by atomic mass is 35.5. The minimum atomic E-state index is 0.0344. The van der Waals surface area contributed by atoms with Gasteiger partial charge in [-0.15, -0.1) is 0 Å². The van der Waals surface area contributed by atoms with Gasteiger partial charge >= 0.3 is 0 Å². The van der Waals surface area contributed by atoms with Crippen molar-refractivity contribution in [3.63, 3.8) is 0 Å². The van der Waals surface area contributed by atoms with E-state index in [-0.39, 0.29) is 11.3 Å². The lowest BCUT2D eigenvalue weighted by Crippen LogP contribution is -2.39. The second-order valence-corrected chi connectivity index (χ2v) is 6.54. The fourth-order valence-corrected chi connectivity index (χ4v) is 3.43. The maximum absolute atomic E-state index is 12.2. The van der Waals surface area contributed by atoms with Crippen LogP contribution in [-0.4, -0.2) is 19.0 Å². The van der Waals surface area contributed by atoms with E-state index < -0.39 is 0 Å². The number of hydrogen-bond acceptors (Lipinski definition) is 2. The summed E-state index contributed by atoms with van der Waals surface area (Å²) >= 11 is 6.11. The summed E-state index contributed by atoms with van der Waals surface area (Å²) in [4.78, 5) is 12.2. The van der Waals surface area contributed by atoms with Crippen molar-refractivity contribution in [3.8, 4) is 0 Å². The van der Waals surface area contributed by atoms with Gasteiger partial charge in [-0.2, -0.15) is 0 Å². The number of halogens is 1. The molecule has 1 aromatic rings. The van der Waals surface area contributed by atoms with Crippen molar-refractivity contribution in [2.45, 2.75) is 44.9 Å². The Morgan fingerprint density at radius 3 is 2.62 bits per heavy atom. The molecule has 1 amide bonds. The van der Waals surface area contributed by atoms with Gasteiger partial charge in [-0.1, -0.05) is 49.1 Å². The van der Waals surface area contributed by atoms with Gasteiger partial charge in [0.15, 0.2) is 0 Å². The number of amides is 1. The van der Waals surface area contributed by atoms with Crippen LogP contribution in [0.1, 0.15) is 44.1 Å². The zero-order valence-electron chi connectivity index (χ0n) is 12.5. The third-order valence-corrected chi connectivity index (χ3v) is 4.93. The third-order valence-electron chi connectivity index (χ3n) is 4.56. The Balaban J connectivity index is 1.78. The first-order valence-corrected chi connectivity index (χ1v) is 8.23. The summed E-state index contributed by atoms with van der Waals surface area (Å²) in [7, 11) is 0. The Morgan fingerprint density at radius 2 is 1.95 bits per heavy atom. The van der Waals surface area contributed by atoms with Crippen molar-refractivity contribution in [2.24, 2.45) is 11.1 Å². The average Bonchev–Trinajstić information content (AvgIpc) is 2.50. The van der Waals surface area contributed by atoms with Gasteiger partial charge in [0.05, 0.1) is 0 Å². The van der Waals surface area contributed by atoms with Crippen molar-refractivity contribution in [2.75, 3.05) is 13.1 Å². The monoisotopic (exact) mass is 308 g/mol. The molecule has 1 aliphatic carbocycles. The topological polar surface area (TPSA) is 55.1 Å². The Bertz CT molecular complexity index is 470. The molecule has 1 aromatic carbocycles. The summed E-state index contributed by atoms with van der Waals surface area (Å²) < 4.78 is 0. The van der Waals surface area contributed by atoms with Crippen LogP contribution in [0.5, 0.6) is 0 Å². The molecule has 0 bridgehead atoms. The first kappa shape index (κ1) is 16.3. The number of carbonyl (C=O) groups excluding carboxylic acids is 1. The number of nitrogens with one attached hydrogen (secondary N) is 1. The summed E-state index contributed by atoms with van der Waals surface area (Å²) in [6.45, 7) is 1.24. The molecule has 21 heavy (non-hydrogen) atoms. The third kappa shape index (κ3) is 4.72. The molecule has 1 fully saturated rings. The molecule has 0 atom stereocenters. The first-order valence-electron chi connectivity index (χ1n) is 7.85. The molecule has 3 N–H and O–H groups in total. The molecule has 4 heteroatoms. The van der Waals surface area contributed by atoms with Crippen LogP contribution >= 0.6 is 11.6 Å². The standard InChI is InChI=1S/C17H25ClN2O/c18-15-7-3-2-6-14(15)8-11-20-16(21)12-17(13-19)9-4-1-5-10-17/h2-3,6-7H,1,4-5,8-13,19H2,(H,20,21). The van der Waals surface area contributed by atoms with E-state index >= 15 is 0 Å². The highest BCUT2D eigenvalue weighted by Gasteiger charge is 2.32. The Morgan fingerprint density at radius 1 is 1.24 bits per heavy atom. The van der Waals surface area contributed by atoms with Gasteiger partial charge in [0.1, 0.15) is 0 Å². The maximum atomic E-state index is 12.2. The van der Waals surface area contributed by atoms with Crippen LogP contribution in [0.2, 0.25) is 5.02 Å². The predicted molar refractivity (Wildman–Crippen MR) is 87.4 cm³/mol. The number of hydrogen-bond donors (Lipinski definition) is 2. The second-order valence-electron chi connectivity index (χ2n) is 6.13. The summed E-state index contributed by atoms with van der Waals surface area (Å²) in [6.07, 6.45) is 7.17. The molecule has 1 aliphatic rings. The highest BCUT2D eigenvalue weighted by molar-refractivity contribution is 6.31. The molecule has 0 aromatic heterocycles. The van der Waals surface area contributed by atoms with E-state index in [2.05, 4.69) is 5.32 Å². The number of carbonyl (C=O) groups is 1. The van der Waals surface area contributed by atoms with E-state index in [0.29, 0.717) is 19.5 Å². The molecule has 0 spiro atoms. The molecular formula is C17H25ClN2O. The maximum Gasteiger partial charge on any atom is 0.220 e. The zero-order valence-corrected chi connectivity index (χ0v) is 13.3. The Kier molecular flexibility index (Phi) is 6.07. The average molecular weight is 309 g/mol. The van der Waals surface area contributed by atoms with Crippen molar-refractivity contribution >= 4 is 17.5 Å². The fraction of sp³-hybridized carbons (Fsp3) is 0.588. The van der Waals surface area contributed by atoms with Crippen LogP contribution < -0.4 is 11.1 Å². The van der Waals surface area contributed by atoms with Crippen molar-refractivity contribution in [1.29, 1.82) is 0 Å². The molecule has 0 unspecified atom stereocenters. The van der Waals surface area contributed by atoms with E-state index in [4.69, 9.17) is 17.3 Å². The highest BCUT2D eigenvalue weighted by Crippen LogP contribution is 2.38. The van der Waals surface area contributed by atoms with Crippen LogP contribution in [0.25, 0.3) is 0 Å². The van der Waals surface area contributed by atoms with Gasteiger partial charge in [0.25, 0.3) is 0 Å².